The quantitative estimate of drug-likeness (QED) is 0.360. The normalized spacial score (nSPS) is 17.5. The van der Waals surface area contributed by atoms with E-state index in [-0.39, 0.29) is 16.7 Å². The van der Waals surface area contributed by atoms with Crippen molar-refractivity contribution in [3.05, 3.63) is 53.7 Å². The summed E-state index contributed by atoms with van der Waals surface area (Å²) in [6, 6.07) is 7.00. The van der Waals surface area contributed by atoms with Crippen LogP contribution in [0.15, 0.2) is 42.6 Å². The lowest BCUT2D eigenvalue weighted by atomic mass is 9.81. The van der Waals surface area contributed by atoms with Crippen LogP contribution in [0.2, 0.25) is 0 Å². The van der Waals surface area contributed by atoms with Gasteiger partial charge in [-0.2, -0.15) is 0 Å². The smallest absolute Gasteiger partial charge is 0.420 e. The first-order chi connectivity index (χ1) is 15.7. The zero-order valence-electron chi connectivity index (χ0n) is 17.6. The summed E-state index contributed by atoms with van der Waals surface area (Å²) in [5.41, 5.74) is 4.16. The number of aromatic nitrogens is 1. The Balaban J connectivity index is 1.54. The third kappa shape index (κ3) is 5.23. The molecule has 0 bridgehead atoms. The van der Waals surface area contributed by atoms with Gasteiger partial charge < -0.3 is 31.4 Å². The van der Waals surface area contributed by atoms with Gasteiger partial charge in [-0.15, -0.1) is 8.78 Å². The number of halogens is 3. The minimum Gasteiger partial charge on any atom is -0.420 e. The minimum absolute atomic E-state index is 0.143. The van der Waals surface area contributed by atoms with Gasteiger partial charge in [0.1, 0.15) is 11.6 Å². The van der Waals surface area contributed by atoms with E-state index >= 15 is 0 Å². The Hall–Kier alpha value is -3.24. The summed E-state index contributed by atoms with van der Waals surface area (Å²) in [4.78, 5) is 19.5. The Morgan fingerprint density at radius 2 is 2.09 bits per heavy atom. The summed E-state index contributed by atoms with van der Waals surface area (Å²) in [7, 11) is 0. The molecule has 11 heteroatoms. The van der Waals surface area contributed by atoms with Crippen molar-refractivity contribution >= 4 is 40.9 Å². The summed E-state index contributed by atoms with van der Waals surface area (Å²) < 4.78 is 29.7. The van der Waals surface area contributed by atoms with Gasteiger partial charge in [-0.3, -0.25) is 4.79 Å². The van der Waals surface area contributed by atoms with E-state index in [9.17, 15) is 13.6 Å². The molecule has 4 rings (SSSR count). The first kappa shape index (κ1) is 22.9. The number of hydrogen-bond acceptors (Lipinski definition) is 7. The SMILES string of the molecule is N=C/C=C(\N)c1cc(C(=O)Nc2ccc(OC(F)(F)Cl)cc2)cnc1N1CCC2(CNC2)C1. The number of carbonyl (C=O) groups is 1. The second kappa shape index (κ2) is 8.95. The van der Waals surface area contributed by atoms with Crippen molar-refractivity contribution < 1.29 is 18.3 Å². The fourth-order valence-corrected chi connectivity index (χ4v) is 4.14. The predicted molar refractivity (Wildman–Crippen MR) is 123 cm³/mol. The fraction of sp³-hybridized carbons (Fsp3) is 0.318. The van der Waals surface area contributed by atoms with Crippen LogP contribution in [0.4, 0.5) is 20.3 Å². The monoisotopic (exact) mass is 476 g/mol. The summed E-state index contributed by atoms with van der Waals surface area (Å²) in [6.45, 7) is 3.62. The molecule has 2 aliphatic rings. The number of pyridine rings is 1. The topological polar surface area (TPSA) is 116 Å². The van der Waals surface area contributed by atoms with Crippen LogP contribution in [0.5, 0.6) is 5.75 Å². The molecule has 1 aromatic heterocycles. The van der Waals surface area contributed by atoms with Crippen LogP contribution in [-0.2, 0) is 0 Å². The number of alkyl halides is 3. The largest absolute Gasteiger partial charge is 0.487 e. The molecule has 8 nitrogen and oxygen atoms in total. The van der Waals surface area contributed by atoms with Crippen molar-refractivity contribution in [2.75, 3.05) is 36.4 Å². The van der Waals surface area contributed by atoms with Crippen LogP contribution in [0.1, 0.15) is 22.3 Å². The van der Waals surface area contributed by atoms with E-state index in [0.29, 0.717) is 22.8 Å². The first-order valence-electron chi connectivity index (χ1n) is 10.3. The van der Waals surface area contributed by atoms with Crippen LogP contribution in [0.3, 0.4) is 0 Å². The highest BCUT2D eigenvalue weighted by Crippen LogP contribution is 2.38. The van der Waals surface area contributed by atoms with Crippen LogP contribution in [0.25, 0.3) is 5.70 Å². The summed E-state index contributed by atoms with van der Waals surface area (Å²) in [6.07, 6.45) is 5.06. The third-order valence-electron chi connectivity index (χ3n) is 5.79. The fourth-order valence-electron chi connectivity index (χ4n) is 4.05. The van der Waals surface area contributed by atoms with Crippen LogP contribution in [-0.4, -0.2) is 48.9 Å². The van der Waals surface area contributed by atoms with Crippen molar-refractivity contribution in [1.82, 2.24) is 10.3 Å². The van der Waals surface area contributed by atoms with E-state index in [2.05, 4.69) is 25.3 Å². The molecule has 0 aliphatic carbocycles. The highest BCUT2D eigenvalue weighted by atomic mass is 35.5. The van der Waals surface area contributed by atoms with Crippen molar-refractivity contribution in [1.29, 1.82) is 5.41 Å². The highest BCUT2D eigenvalue weighted by molar-refractivity contribution is 6.20. The molecule has 5 N–H and O–H groups in total. The second-order valence-corrected chi connectivity index (χ2v) is 8.63. The number of carbonyl (C=O) groups excluding carboxylic acids is 1. The third-order valence-corrected chi connectivity index (χ3v) is 5.86. The lowest BCUT2D eigenvalue weighted by Gasteiger charge is -2.39. The summed E-state index contributed by atoms with van der Waals surface area (Å²) >= 11 is 4.75. The average molecular weight is 477 g/mol. The van der Waals surface area contributed by atoms with Gasteiger partial charge in [0.15, 0.2) is 0 Å². The van der Waals surface area contributed by atoms with Crippen molar-refractivity contribution in [2.24, 2.45) is 11.1 Å². The Labute approximate surface area is 194 Å². The maximum atomic E-state index is 12.8. The van der Waals surface area contributed by atoms with Gasteiger partial charge in [-0.25, -0.2) is 4.98 Å². The molecule has 0 saturated carbocycles. The average Bonchev–Trinajstić information content (AvgIpc) is 3.20. The molecule has 0 atom stereocenters. The zero-order chi connectivity index (χ0) is 23.6. The number of rotatable bonds is 7. The number of amides is 1. The lowest BCUT2D eigenvalue weighted by molar-refractivity contribution is -0.0964. The molecule has 2 aliphatic heterocycles. The molecule has 1 aromatic carbocycles. The Morgan fingerprint density at radius 1 is 1.36 bits per heavy atom. The van der Waals surface area contributed by atoms with E-state index < -0.39 is 11.5 Å². The molecule has 2 saturated heterocycles. The van der Waals surface area contributed by atoms with E-state index in [0.717, 1.165) is 38.8 Å². The number of allylic oxidation sites excluding steroid dienone is 1. The molecule has 3 heterocycles. The molecule has 174 valence electrons. The number of anilines is 2. The molecular formula is C22H23ClF2N6O2. The van der Waals surface area contributed by atoms with Gasteiger partial charge in [0.2, 0.25) is 0 Å². The lowest BCUT2D eigenvalue weighted by Crippen LogP contribution is -2.54. The molecule has 2 aromatic rings. The van der Waals surface area contributed by atoms with Gasteiger partial charge in [0.05, 0.1) is 5.56 Å². The van der Waals surface area contributed by atoms with Gasteiger partial charge in [0.25, 0.3) is 5.91 Å². The predicted octanol–water partition coefficient (Wildman–Crippen LogP) is 3.25. The summed E-state index contributed by atoms with van der Waals surface area (Å²) in [5.74, 6) is 0.0840. The first-order valence-corrected chi connectivity index (χ1v) is 10.7. The Kier molecular flexibility index (Phi) is 6.22. The standard InChI is InChI=1S/C22H23ClF2N6O2/c23-22(24,25)33-16-3-1-15(2-4-16)30-20(32)14-9-17(18(27)5-7-26)19(29-10-14)31-8-6-21(13-31)11-28-12-21/h1-5,7,9-10,26,28H,6,8,11-13,27H2,(H,30,32)/b18-5-,26-7?. The van der Waals surface area contributed by atoms with E-state index in [1.165, 1.54) is 36.5 Å². The van der Waals surface area contributed by atoms with E-state index in [1.807, 2.05) is 0 Å². The van der Waals surface area contributed by atoms with Crippen molar-refractivity contribution in [2.45, 2.75) is 12.0 Å². The molecule has 1 amide bonds. The second-order valence-electron chi connectivity index (χ2n) is 8.19. The maximum absolute atomic E-state index is 12.8. The Morgan fingerprint density at radius 3 is 2.67 bits per heavy atom. The molecular weight excluding hydrogens is 454 g/mol. The zero-order valence-corrected chi connectivity index (χ0v) is 18.3. The minimum atomic E-state index is -3.82. The van der Waals surface area contributed by atoms with Gasteiger partial charge in [-0.1, -0.05) is 0 Å². The van der Waals surface area contributed by atoms with Gasteiger partial charge >= 0.3 is 5.57 Å². The number of hydrogen-bond donors (Lipinski definition) is 4. The van der Waals surface area contributed by atoms with Crippen molar-refractivity contribution in [3.8, 4) is 5.75 Å². The Bertz CT molecular complexity index is 1080. The van der Waals surface area contributed by atoms with Gasteiger partial charge in [-0.05, 0) is 42.8 Å². The molecule has 0 unspecified atom stereocenters. The van der Waals surface area contributed by atoms with E-state index in [4.69, 9.17) is 22.7 Å². The van der Waals surface area contributed by atoms with Crippen LogP contribution in [0, 0.1) is 10.8 Å². The van der Waals surface area contributed by atoms with E-state index in [1.54, 1.807) is 6.07 Å². The number of nitrogens with zero attached hydrogens (tertiary/aromatic N) is 2. The molecule has 2 fully saturated rings. The molecule has 33 heavy (non-hydrogen) atoms. The summed E-state index contributed by atoms with van der Waals surface area (Å²) in [5, 5.41) is 13.4. The number of benzene rings is 1. The highest BCUT2D eigenvalue weighted by Gasteiger charge is 2.43. The molecule has 0 radical (unpaired) electrons. The molecule has 1 spiro atoms. The van der Waals surface area contributed by atoms with Gasteiger partial charge in [0, 0.05) is 72.6 Å². The van der Waals surface area contributed by atoms with Crippen LogP contribution < -0.4 is 26.0 Å². The number of nitrogens with one attached hydrogen (secondary N) is 3. The van der Waals surface area contributed by atoms with Crippen molar-refractivity contribution in [3.63, 3.8) is 0 Å². The maximum Gasteiger partial charge on any atom is 0.487 e. The number of ether oxygens (including phenoxy) is 1. The number of nitrogens with two attached hydrogens (primary N) is 1. The van der Waals surface area contributed by atoms with Crippen LogP contribution >= 0.6 is 11.6 Å².